The summed E-state index contributed by atoms with van der Waals surface area (Å²) in [6.45, 7) is 2.03. The average molecular weight is 517 g/mol. The monoisotopic (exact) mass is 516 g/mol. The van der Waals surface area contributed by atoms with Gasteiger partial charge in [0.05, 0.1) is 24.6 Å². The molecule has 0 bridgehead atoms. The first-order chi connectivity index (χ1) is 18.6. The summed E-state index contributed by atoms with van der Waals surface area (Å²) in [5.74, 6) is -2.50. The largest absolute Gasteiger partial charge is 0.403 e. The lowest BCUT2D eigenvalue weighted by Crippen LogP contribution is -2.36. The summed E-state index contributed by atoms with van der Waals surface area (Å²) in [7, 11) is 0. The average Bonchev–Trinajstić information content (AvgIpc) is 3.34. The summed E-state index contributed by atoms with van der Waals surface area (Å²) in [5.41, 5.74) is 2.68. The van der Waals surface area contributed by atoms with Crippen molar-refractivity contribution in [3.8, 4) is 11.5 Å². The summed E-state index contributed by atoms with van der Waals surface area (Å²) in [6, 6.07) is 19.0. The Balaban J connectivity index is 1.30. The molecule has 0 unspecified atom stereocenters. The van der Waals surface area contributed by atoms with Crippen LogP contribution in [0.4, 0.5) is 26.2 Å². The molecule has 1 fully saturated rings. The Morgan fingerprint density at radius 3 is 2.42 bits per heavy atom. The number of benzene rings is 3. The number of amides is 1. The minimum absolute atomic E-state index is 0.210. The highest BCUT2D eigenvalue weighted by Gasteiger charge is 2.28. The van der Waals surface area contributed by atoms with E-state index in [1.165, 1.54) is 12.1 Å². The van der Waals surface area contributed by atoms with Crippen LogP contribution in [0.2, 0.25) is 0 Å². The molecule has 0 radical (unpaired) electrons. The van der Waals surface area contributed by atoms with E-state index >= 15 is 0 Å². The molecular weight excluding hydrogens is 494 g/mol. The van der Waals surface area contributed by atoms with E-state index in [0.717, 1.165) is 11.1 Å². The van der Waals surface area contributed by atoms with Crippen LogP contribution in [-0.4, -0.2) is 54.3 Å². The summed E-state index contributed by atoms with van der Waals surface area (Å²) in [6.07, 6.45) is -1.15. The van der Waals surface area contributed by atoms with E-state index in [1.54, 1.807) is 6.07 Å². The number of carbonyl (C=O) groups is 1. The van der Waals surface area contributed by atoms with Crippen molar-refractivity contribution in [1.82, 2.24) is 10.2 Å². The molecule has 3 aromatic carbocycles. The van der Waals surface area contributed by atoms with Gasteiger partial charge in [-0.25, -0.2) is 13.8 Å². The van der Waals surface area contributed by atoms with Gasteiger partial charge in [-0.05, 0) is 18.2 Å². The van der Waals surface area contributed by atoms with Gasteiger partial charge in [-0.15, -0.1) is 5.10 Å². The topological polar surface area (TPSA) is 105 Å². The van der Waals surface area contributed by atoms with E-state index in [2.05, 4.69) is 25.8 Å². The highest BCUT2D eigenvalue weighted by molar-refractivity contribution is 6.19. The van der Waals surface area contributed by atoms with Gasteiger partial charge in [0, 0.05) is 29.9 Å². The molecule has 192 valence electrons. The molecule has 1 atom stereocenters. The third-order valence-corrected chi connectivity index (χ3v) is 6.30. The van der Waals surface area contributed by atoms with Crippen molar-refractivity contribution >= 4 is 29.0 Å². The molecule has 3 heterocycles. The lowest BCUT2D eigenvalue weighted by atomic mass is 10.0. The van der Waals surface area contributed by atoms with E-state index in [1.807, 2.05) is 53.4 Å². The number of hydrogen-bond acceptors (Lipinski definition) is 8. The first-order valence-electron chi connectivity index (χ1n) is 12.0. The van der Waals surface area contributed by atoms with Gasteiger partial charge in [0.1, 0.15) is 17.2 Å². The Morgan fingerprint density at radius 2 is 1.66 bits per heavy atom. The molecule has 4 aromatic rings. The van der Waals surface area contributed by atoms with Gasteiger partial charge in [0.15, 0.2) is 0 Å². The van der Waals surface area contributed by atoms with Crippen molar-refractivity contribution in [2.24, 2.45) is 4.99 Å². The van der Waals surface area contributed by atoms with Crippen LogP contribution in [0.25, 0.3) is 11.5 Å². The van der Waals surface area contributed by atoms with Crippen LogP contribution < -0.4 is 15.5 Å². The summed E-state index contributed by atoms with van der Waals surface area (Å²) in [5, 5.41) is 13.3. The molecule has 1 aromatic heterocycles. The maximum Gasteiger partial charge on any atom is 0.317 e. The number of para-hydroxylation sites is 1. The van der Waals surface area contributed by atoms with Crippen LogP contribution in [0.5, 0.6) is 0 Å². The van der Waals surface area contributed by atoms with Crippen LogP contribution in [0, 0.1) is 11.6 Å². The van der Waals surface area contributed by atoms with Gasteiger partial charge in [-0.1, -0.05) is 53.6 Å². The van der Waals surface area contributed by atoms with Crippen LogP contribution in [0.1, 0.15) is 11.1 Å². The second kappa shape index (κ2) is 10.0. The van der Waals surface area contributed by atoms with Gasteiger partial charge in [-0.2, -0.15) is 0 Å². The number of aromatic nitrogens is 2. The number of benzodiazepines with no additional fused rings is 1. The molecule has 0 saturated carbocycles. The number of morpholine rings is 1. The number of rotatable bonds is 5. The van der Waals surface area contributed by atoms with E-state index in [4.69, 9.17) is 9.15 Å². The second-order valence-electron chi connectivity index (χ2n) is 8.72. The smallest absolute Gasteiger partial charge is 0.317 e. The predicted octanol–water partition coefficient (Wildman–Crippen LogP) is 4.08. The van der Waals surface area contributed by atoms with Gasteiger partial charge in [-0.3, -0.25) is 4.79 Å². The molecule has 0 aliphatic carbocycles. The number of fused-ring (bicyclic) bond motifs is 1. The minimum Gasteiger partial charge on any atom is -0.403 e. The summed E-state index contributed by atoms with van der Waals surface area (Å²) >= 11 is 0. The fourth-order valence-corrected chi connectivity index (χ4v) is 4.45. The van der Waals surface area contributed by atoms with Gasteiger partial charge in [0.25, 0.3) is 11.8 Å². The Labute approximate surface area is 216 Å². The van der Waals surface area contributed by atoms with Crippen molar-refractivity contribution in [3.63, 3.8) is 0 Å². The molecule has 2 aliphatic heterocycles. The second-order valence-corrected chi connectivity index (χ2v) is 8.72. The molecule has 11 heteroatoms. The van der Waals surface area contributed by atoms with E-state index in [0.29, 0.717) is 43.4 Å². The molecule has 0 spiro atoms. The fourth-order valence-electron chi connectivity index (χ4n) is 4.45. The van der Waals surface area contributed by atoms with Crippen LogP contribution in [0.15, 0.2) is 76.1 Å². The highest BCUT2D eigenvalue weighted by Crippen LogP contribution is 2.31. The lowest BCUT2D eigenvalue weighted by Gasteiger charge is -2.29. The molecule has 1 saturated heterocycles. The van der Waals surface area contributed by atoms with Crippen molar-refractivity contribution in [1.29, 1.82) is 0 Å². The third-order valence-electron chi connectivity index (χ3n) is 6.30. The predicted molar refractivity (Wildman–Crippen MR) is 137 cm³/mol. The van der Waals surface area contributed by atoms with E-state index in [9.17, 15) is 13.6 Å². The number of hydrogen-bond donors (Lipinski definition) is 2. The van der Waals surface area contributed by atoms with Crippen molar-refractivity contribution in [2.45, 2.75) is 6.17 Å². The first-order valence-corrected chi connectivity index (χ1v) is 12.0. The van der Waals surface area contributed by atoms with E-state index in [-0.39, 0.29) is 11.9 Å². The van der Waals surface area contributed by atoms with Gasteiger partial charge < -0.3 is 24.7 Å². The third kappa shape index (κ3) is 4.59. The maximum absolute atomic E-state index is 15.0. The van der Waals surface area contributed by atoms with Crippen LogP contribution >= 0.6 is 0 Å². The number of ether oxygens (including phenoxy) is 1. The quantitative estimate of drug-likeness (QED) is 0.412. The highest BCUT2D eigenvalue weighted by atomic mass is 19.1. The van der Waals surface area contributed by atoms with Crippen LogP contribution in [0.3, 0.4) is 0 Å². The molecule has 2 N–H and O–H groups in total. The fraction of sp³-hybridized carbons (Fsp3) is 0.185. The number of anilines is 3. The van der Waals surface area contributed by atoms with Gasteiger partial charge in [0.2, 0.25) is 6.17 Å². The summed E-state index contributed by atoms with van der Waals surface area (Å²) in [4.78, 5) is 19.5. The van der Waals surface area contributed by atoms with E-state index < -0.39 is 29.3 Å². The van der Waals surface area contributed by atoms with Gasteiger partial charge >= 0.3 is 6.01 Å². The zero-order valence-corrected chi connectivity index (χ0v) is 20.0. The lowest BCUT2D eigenvalue weighted by molar-refractivity contribution is -0.116. The van der Waals surface area contributed by atoms with Crippen molar-refractivity contribution in [3.05, 3.63) is 89.5 Å². The Bertz CT molecular complexity index is 1500. The molecule has 1 amide bonds. The minimum atomic E-state index is -1.15. The number of nitrogens with zero attached hydrogens (tertiary/aromatic N) is 4. The normalized spacial score (nSPS) is 17.3. The van der Waals surface area contributed by atoms with Crippen molar-refractivity contribution in [2.75, 3.05) is 41.8 Å². The molecule has 38 heavy (non-hydrogen) atoms. The number of carbonyl (C=O) groups excluding carboxylic acids is 1. The number of halogens is 2. The van der Waals surface area contributed by atoms with Crippen molar-refractivity contribution < 1.29 is 22.7 Å². The zero-order chi connectivity index (χ0) is 26.1. The Hall–Kier alpha value is -4.64. The Kier molecular flexibility index (Phi) is 6.26. The first kappa shape index (κ1) is 23.7. The zero-order valence-electron chi connectivity index (χ0n) is 20.0. The molecule has 6 rings (SSSR count). The summed E-state index contributed by atoms with van der Waals surface area (Å²) < 4.78 is 40.8. The molecule has 2 aliphatic rings. The molecule has 9 nitrogen and oxygen atoms in total. The number of nitrogens with one attached hydrogen (secondary N) is 2. The number of aliphatic imine (C=N–C) groups is 1. The SMILES string of the molecule is O=C1Nc2ccccc2C(c2ccccc2)=N[C@@H]1Nc1nnc(-c2c(F)cc(N3CCOCC3)cc2F)o1. The standard InChI is InChI=1S/C27H22F2N6O3/c28-19-14-17(35-10-12-37-13-11-35)15-20(29)22(19)26-33-34-27(38-26)32-24-25(36)30-21-9-5-4-8-18(21)23(31-24)16-6-2-1-3-7-16/h1-9,14-15,24H,10-13H2,(H,30,36)(H,32,34)/t24-/m1/s1. The maximum atomic E-state index is 15.0. The molecular formula is C27H22F2N6O3. The van der Waals surface area contributed by atoms with Crippen LogP contribution in [-0.2, 0) is 9.53 Å². The Morgan fingerprint density at radius 1 is 0.947 bits per heavy atom.